The predicted octanol–water partition coefficient (Wildman–Crippen LogP) is 2.81. The molecule has 0 aliphatic carbocycles. The van der Waals surface area contributed by atoms with Gasteiger partial charge in [-0.2, -0.15) is 0 Å². The van der Waals surface area contributed by atoms with E-state index in [-0.39, 0.29) is 5.91 Å². The highest BCUT2D eigenvalue weighted by molar-refractivity contribution is 6.68. The van der Waals surface area contributed by atoms with E-state index < -0.39 is 0 Å². The monoisotopic (exact) mass is 230 g/mol. The molecule has 0 bridgehead atoms. The second-order valence-electron chi connectivity index (χ2n) is 3.23. The second kappa shape index (κ2) is 7.46. The summed E-state index contributed by atoms with van der Waals surface area (Å²) in [4.78, 5) is 17.2. The van der Waals surface area contributed by atoms with Gasteiger partial charge in [-0.05, 0) is 19.4 Å². The van der Waals surface area contributed by atoms with Crippen molar-refractivity contribution in [1.82, 2.24) is 4.90 Å². The van der Waals surface area contributed by atoms with Crippen LogP contribution in [0, 0.1) is 0 Å². The summed E-state index contributed by atoms with van der Waals surface area (Å²) in [7, 11) is 1.62. The van der Waals surface area contributed by atoms with Crippen LogP contribution in [-0.2, 0) is 4.79 Å². The highest BCUT2D eigenvalue weighted by Crippen LogP contribution is 2.08. The molecule has 0 radical (unpaired) electrons. The quantitative estimate of drug-likeness (QED) is 0.669. The first-order chi connectivity index (χ1) is 7.06. The second-order valence-corrected chi connectivity index (χ2v) is 3.62. The lowest BCUT2D eigenvalue weighted by Gasteiger charge is -2.22. The van der Waals surface area contributed by atoms with Crippen molar-refractivity contribution in [1.29, 1.82) is 0 Å². The van der Waals surface area contributed by atoms with Crippen LogP contribution in [0.4, 0.5) is 0 Å². The first kappa shape index (κ1) is 14.2. The van der Waals surface area contributed by atoms with Gasteiger partial charge in [0, 0.05) is 25.7 Å². The molecule has 0 unspecified atom stereocenters. The van der Waals surface area contributed by atoms with Crippen LogP contribution >= 0.6 is 11.6 Å². The van der Waals surface area contributed by atoms with Gasteiger partial charge in [0.2, 0.25) is 5.91 Å². The molecule has 0 aliphatic heterocycles. The molecule has 0 saturated heterocycles. The summed E-state index contributed by atoms with van der Waals surface area (Å²) in [5.41, 5.74) is 0.847. The summed E-state index contributed by atoms with van der Waals surface area (Å²) in [6.45, 7) is 6.49. The highest BCUT2D eigenvalue weighted by atomic mass is 35.5. The maximum absolute atomic E-state index is 11.6. The Balaban J connectivity index is 4.76. The predicted molar refractivity (Wildman–Crippen MR) is 65.3 cm³/mol. The van der Waals surface area contributed by atoms with Gasteiger partial charge in [0.05, 0.1) is 0 Å². The molecular formula is C11H19ClN2O. The molecule has 86 valence electrons. The molecule has 4 heteroatoms. The van der Waals surface area contributed by atoms with Crippen molar-refractivity contribution in [3.05, 3.63) is 11.8 Å². The van der Waals surface area contributed by atoms with E-state index in [1.165, 1.54) is 0 Å². The maximum atomic E-state index is 11.6. The number of halogens is 1. The third-order valence-corrected chi connectivity index (χ3v) is 2.30. The Morgan fingerprint density at radius 1 is 1.47 bits per heavy atom. The summed E-state index contributed by atoms with van der Waals surface area (Å²) in [6, 6.07) is 0. The van der Waals surface area contributed by atoms with Crippen molar-refractivity contribution in [2.24, 2.45) is 4.99 Å². The Hall–Kier alpha value is -0.830. The van der Waals surface area contributed by atoms with Crippen LogP contribution in [0.2, 0.25) is 0 Å². The molecule has 0 aromatic carbocycles. The third kappa shape index (κ3) is 4.98. The molecule has 0 rings (SSSR count). The van der Waals surface area contributed by atoms with Gasteiger partial charge < -0.3 is 4.90 Å². The summed E-state index contributed by atoms with van der Waals surface area (Å²) >= 11 is 5.79. The summed E-state index contributed by atoms with van der Waals surface area (Å²) in [5.74, 6) is 0.117. The Labute approximate surface area is 96.8 Å². The first-order valence-corrected chi connectivity index (χ1v) is 5.55. The van der Waals surface area contributed by atoms with E-state index in [9.17, 15) is 4.79 Å². The standard InChI is InChI=1S/C11H19ClN2O/c1-5-7-14(11(15)6-2)9(3)8-10(12)13-4/h8H,5-7H2,1-4H3/b9-8+,13-10?. The Bertz CT molecular complexity index is 272. The smallest absolute Gasteiger partial charge is 0.226 e. The molecule has 0 N–H and O–H groups in total. The number of hydrogen-bond acceptors (Lipinski definition) is 2. The average Bonchev–Trinajstić information content (AvgIpc) is 2.24. The van der Waals surface area contributed by atoms with E-state index in [0.717, 1.165) is 18.7 Å². The molecule has 0 atom stereocenters. The van der Waals surface area contributed by atoms with Crippen molar-refractivity contribution >= 4 is 22.7 Å². The Morgan fingerprint density at radius 2 is 2.07 bits per heavy atom. The number of carbonyl (C=O) groups is 1. The van der Waals surface area contributed by atoms with Crippen LogP contribution in [0.5, 0.6) is 0 Å². The van der Waals surface area contributed by atoms with E-state index in [2.05, 4.69) is 4.99 Å². The van der Waals surface area contributed by atoms with Crippen molar-refractivity contribution in [3.63, 3.8) is 0 Å². The Morgan fingerprint density at radius 3 is 2.47 bits per heavy atom. The summed E-state index contributed by atoms with van der Waals surface area (Å²) < 4.78 is 0. The van der Waals surface area contributed by atoms with Crippen LogP contribution in [0.1, 0.15) is 33.6 Å². The minimum Gasteiger partial charge on any atom is -0.316 e. The van der Waals surface area contributed by atoms with Gasteiger partial charge in [0.15, 0.2) is 0 Å². The zero-order valence-corrected chi connectivity index (χ0v) is 10.6. The van der Waals surface area contributed by atoms with Gasteiger partial charge in [-0.25, -0.2) is 0 Å². The van der Waals surface area contributed by atoms with Crippen LogP contribution in [0.3, 0.4) is 0 Å². The van der Waals surface area contributed by atoms with E-state index in [4.69, 9.17) is 11.6 Å². The van der Waals surface area contributed by atoms with Gasteiger partial charge in [-0.15, -0.1) is 0 Å². The largest absolute Gasteiger partial charge is 0.316 e. The van der Waals surface area contributed by atoms with Crippen molar-refractivity contribution in [2.75, 3.05) is 13.6 Å². The van der Waals surface area contributed by atoms with Crippen LogP contribution in [0.25, 0.3) is 0 Å². The molecule has 0 aliphatic rings. The lowest BCUT2D eigenvalue weighted by Crippen LogP contribution is -2.29. The van der Waals surface area contributed by atoms with Gasteiger partial charge in [0.25, 0.3) is 0 Å². The molecule has 0 fully saturated rings. The van der Waals surface area contributed by atoms with E-state index in [1.54, 1.807) is 18.0 Å². The fourth-order valence-electron chi connectivity index (χ4n) is 1.23. The minimum absolute atomic E-state index is 0.117. The number of carbonyl (C=O) groups excluding carboxylic acids is 1. The van der Waals surface area contributed by atoms with Gasteiger partial charge in [-0.3, -0.25) is 9.79 Å². The Kier molecular flexibility index (Phi) is 7.05. The van der Waals surface area contributed by atoms with Crippen molar-refractivity contribution in [3.8, 4) is 0 Å². The number of hydrogen-bond donors (Lipinski definition) is 0. The van der Waals surface area contributed by atoms with Gasteiger partial charge in [-0.1, -0.05) is 25.4 Å². The molecule has 0 saturated carbocycles. The minimum atomic E-state index is 0.117. The summed E-state index contributed by atoms with van der Waals surface area (Å²) in [6.07, 6.45) is 3.15. The summed E-state index contributed by atoms with van der Waals surface area (Å²) in [5, 5.41) is 0.414. The lowest BCUT2D eigenvalue weighted by atomic mass is 10.3. The van der Waals surface area contributed by atoms with Crippen LogP contribution in [0.15, 0.2) is 16.8 Å². The molecule has 15 heavy (non-hydrogen) atoms. The van der Waals surface area contributed by atoms with Gasteiger partial charge in [0.1, 0.15) is 5.17 Å². The highest BCUT2D eigenvalue weighted by Gasteiger charge is 2.12. The zero-order chi connectivity index (χ0) is 11.8. The van der Waals surface area contributed by atoms with Crippen molar-refractivity contribution in [2.45, 2.75) is 33.6 Å². The molecule has 0 spiro atoms. The average molecular weight is 231 g/mol. The van der Waals surface area contributed by atoms with Gasteiger partial charge >= 0.3 is 0 Å². The fraction of sp³-hybridized carbons (Fsp3) is 0.636. The zero-order valence-electron chi connectivity index (χ0n) is 9.88. The molecule has 0 aromatic rings. The maximum Gasteiger partial charge on any atom is 0.226 e. The SMILES string of the molecule is CCCN(C(=O)CC)/C(C)=C/C(Cl)=NC. The number of allylic oxidation sites excluding steroid dienone is 2. The van der Waals surface area contributed by atoms with E-state index in [1.807, 2.05) is 20.8 Å². The molecule has 3 nitrogen and oxygen atoms in total. The molecule has 0 heterocycles. The number of aliphatic imine (C=N–C) groups is 1. The number of nitrogens with zero attached hydrogens (tertiary/aromatic N) is 2. The topological polar surface area (TPSA) is 32.7 Å². The number of amides is 1. The van der Waals surface area contributed by atoms with E-state index in [0.29, 0.717) is 11.6 Å². The first-order valence-electron chi connectivity index (χ1n) is 5.17. The number of rotatable bonds is 5. The van der Waals surface area contributed by atoms with E-state index >= 15 is 0 Å². The molecular weight excluding hydrogens is 212 g/mol. The van der Waals surface area contributed by atoms with Crippen molar-refractivity contribution < 1.29 is 4.79 Å². The normalized spacial score (nSPS) is 12.9. The fourth-order valence-corrected chi connectivity index (χ4v) is 1.38. The van der Waals surface area contributed by atoms with Crippen LogP contribution < -0.4 is 0 Å². The molecule has 1 amide bonds. The lowest BCUT2D eigenvalue weighted by molar-refractivity contribution is -0.128. The molecule has 0 aromatic heterocycles. The third-order valence-electron chi connectivity index (χ3n) is 2.02. The van der Waals surface area contributed by atoms with Crippen LogP contribution in [-0.4, -0.2) is 29.6 Å².